The Bertz CT molecular complexity index is 544. The quantitative estimate of drug-likeness (QED) is 0.403. The van der Waals surface area contributed by atoms with Crippen molar-refractivity contribution in [2.24, 2.45) is 4.99 Å². The Morgan fingerprint density at radius 2 is 1.86 bits per heavy atom. The van der Waals surface area contributed by atoms with Crippen LogP contribution in [0.5, 0.6) is 0 Å². The summed E-state index contributed by atoms with van der Waals surface area (Å²) in [5, 5.41) is 6.19. The zero-order valence-electron chi connectivity index (χ0n) is 13.2. The monoisotopic (exact) mass is 327 g/mol. The summed E-state index contributed by atoms with van der Waals surface area (Å²) >= 11 is 0. The number of benzene rings is 1. The molecule has 1 aromatic carbocycles. The van der Waals surface area contributed by atoms with Crippen molar-refractivity contribution in [2.45, 2.75) is 18.2 Å². The van der Waals surface area contributed by atoms with Gasteiger partial charge in [0.05, 0.1) is 17.3 Å². The van der Waals surface area contributed by atoms with Gasteiger partial charge < -0.3 is 15.4 Å². The van der Waals surface area contributed by atoms with Gasteiger partial charge in [-0.3, -0.25) is 4.99 Å². The number of guanidine groups is 1. The normalized spacial score (nSPS) is 12.2. The lowest BCUT2D eigenvalue weighted by atomic mass is 10.4. The highest BCUT2D eigenvalue weighted by Crippen LogP contribution is 2.10. The van der Waals surface area contributed by atoms with Crippen LogP contribution in [0.25, 0.3) is 0 Å². The van der Waals surface area contributed by atoms with E-state index in [4.69, 9.17) is 4.74 Å². The molecule has 22 heavy (non-hydrogen) atoms. The second-order valence-corrected chi connectivity index (χ2v) is 6.72. The summed E-state index contributed by atoms with van der Waals surface area (Å²) in [6, 6.07) is 8.51. The van der Waals surface area contributed by atoms with Crippen LogP contribution in [0.2, 0.25) is 0 Å². The Kier molecular flexibility index (Phi) is 8.54. The molecule has 0 heterocycles. The van der Waals surface area contributed by atoms with Gasteiger partial charge in [0.2, 0.25) is 0 Å². The van der Waals surface area contributed by atoms with Gasteiger partial charge in [-0.15, -0.1) is 0 Å². The fraction of sp³-hybridized carbons (Fsp3) is 0.533. The molecule has 124 valence electrons. The fourth-order valence-corrected chi connectivity index (χ4v) is 3.15. The van der Waals surface area contributed by atoms with Crippen LogP contribution in [0.1, 0.15) is 13.3 Å². The molecule has 0 aliphatic rings. The first-order valence-electron chi connectivity index (χ1n) is 7.40. The molecule has 2 N–H and O–H groups in total. The van der Waals surface area contributed by atoms with Gasteiger partial charge in [0.25, 0.3) is 0 Å². The van der Waals surface area contributed by atoms with E-state index in [0.29, 0.717) is 43.6 Å². The predicted molar refractivity (Wildman–Crippen MR) is 89.0 cm³/mol. The molecule has 0 aromatic heterocycles. The van der Waals surface area contributed by atoms with E-state index >= 15 is 0 Å². The summed E-state index contributed by atoms with van der Waals surface area (Å²) in [4.78, 5) is 4.44. The molecule has 6 nitrogen and oxygen atoms in total. The van der Waals surface area contributed by atoms with Crippen LogP contribution < -0.4 is 10.6 Å². The van der Waals surface area contributed by atoms with Gasteiger partial charge in [-0.25, -0.2) is 8.42 Å². The summed E-state index contributed by atoms with van der Waals surface area (Å²) < 4.78 is 29.4. The highest BCUT2D eigenvalue weighted by Gasteiger charge is 2.12. The minimum Gasteiger partial charge on any atom is -0.380 e. The molecular weight excluding hydrogens is 302 g/mol. The van der Waals surface area contributed by atoms with Crippen molar-refractivity contribution < 1.29 is 13.2 Å². The second-order valence-electron chi connectivity index (χ2n) is 4.61. The molecule has 0 aliphatic carbocycles. The molecule has 0 aliphatic heterocycles. The Morgan fingerprint density at radius 3 is 2.50 bits per heavy atom. The van der Waals surface area contributed by atoms with E-state index in [1.807, 2.05) is 6.92 Å². The summed E-state index contributed by atoms with van der Waals surface area (Å²) in [5.41, 5.74) is 0. The van der Waals surface area contributed by atoms with E-state index in [2.05, 4.69) is 15.6 Å². The first kappa shape index (κ1) is 18.4. The van der Waals surface area contributed by atoms with Crippen LogP contribution in [0.15, 0.2) is 40.2 Å². The van der Waals surface area contributed by atoms with Crippen LogP contribution in [0.4, 0.5) is 0 Å². The standard InChI is InChI=1S/C15H25N3O3S/c1-3-21-12-11-18-15(16-2)17-10-7-13-22(19,20)14-8-5-4-6-9-14/h4-6,8-9H,3,7,10-13H2,1-2H3,(H2,16,17,18). The van der Waals surface area contributed by atoms with Crippen LogP contribution >= 0.6 is 0 Å². The molecule has 0 atom stereocenters. The highest BCUT2D eigenvalue weighted by atomic mass is 32.2. The molecule has 1 aromatic rings. The maximum atomic E-state index is 12.1. The molecule has 0 saturated heterocycles. The van der Waals surface area contributed by atoms with Crippen molar-refractivity contribution in [3.8, 4) is 0 Å². The third-order valence-corrected chi connectivity index (χ3v) is 4.77. The number of ether oxygens (including phenoxy) is 1. The van der Waals surface area contributed by atoms with E-state index < -0.39 is 9.84 Å². The van der Waals surface area contributed by atoms with Crippen LogP contribution in [-0.2, 0) is 14.6 Å². The van der Waals surface area contributed by atoms with Gasteiger partial charge in [0.15, 0.2) is 15.8 Å². The molecular formula is C15H25N3O3S. The van der Waals surface area contributed by atoms with E-state index in [1.54, 1.807) is 37.4 Å². The molecule has 0 bridgehead atoms. The highest BCUT2D eigenvalue weighted by molar-refractivity contribution is 7.91. The van der Waals surface area contributed by atoms with E-state index in [9.17, 15) is 8.42 Å². The average Bonchev–Trinajstić information content (AvgIpc) is 2.54. The third-order valence-electron chi connectivity index (χ3n) is 2.95. The summed E-state index contributed by atoms with van der Waals surface area (Å²) in [7, 11) is -1.53. The number of nitrogens with one attached hydrogen (secondary N) is 2. The van der Waals surface area contributed by atoms with E-state index in [0.717, 1.165) is 0 Å². The lowest BCUT2D eigenvalue weighted by Crippen LogP contribution is -2.39. The zero-order valence-corrected chi connectivity index (χ0v) is 14.0. The first-order valence-corrected chi connectivity index (χ1v) is 9.05. The van der Waals surface area contributed by atoms with E-state index in [1.165, 1.54) is 0 Å². The SMILES string of the molecule is CCOCCNC(=NC)NCCCS(=O)(=O)c1ccccc1. The molecule has 0 unspecified atom stereocenters. The molecule has 7 heteroatoms. The molecule has 0 amide bonds. The van der Waals surface area contributed by atoms with Gasteiger partial charge in [-0.05, 0) is 25.5 Å². The lowest BCUT2D eigenvalue weighted by molar-refractivity contribution is 0.152. The van der Waals surface area contributed by atoms with Gasteiger partial charge >= 0.3 is 0 Å². The van der Waals surface area contributed by atoms with Crippen molar-refractivity contribution in [3.05, 3.63) is 30.3 Å². The summed E-state index contributed by atoms with van der Waals surface area (Å²) in [6.45, 7) is 4.45. The van der Waals surface area contributed by atoms with Crippen molar-refractivity contribution in [1.29, 1.82) is 0 Å². The molecule has 0 radical (unpaired) electrons. The smallest absolute Gasteiger partial charge is 0.191 e. The van der Waals surface area contributed by atoms with Gasteiger partial charge in [-0.2, -0.15) is 0 Å². The third kappa shape index (κ3) is 6.91. The molecule has 1 rings (SSSR count). The topological polar surface area (TPSA) is 79.8 Å². The number of rotatable bonds is 9. The van der Waals surface area contributed by atoms with E-state index in [-0.39, 0.29) is 5.75 Å². The Balaban J connectivity index is 2.29. The van der Waals surface area contributed by atoms with Crippen LogP contribution in [0.3, 0.4) is 0 Å². The Hall–Kier alpha value is -1.60. The Morgan fingerprint density at radius 1 is 1.18 bits per heavy atom. The summed E-state index contributed by atoms with van der Waals surface area (Å²) in [5.74, 6) is 0.761. The average molecular weight is 327 g/mol. The van der Waals surface area contributed by atoms with Crippen molar-refractivity contribution in [2.75, 3.05) is 39.1 Å². The first-order chi connectivity index (χ1) is 10.6. The molecule has 0 fully saturated rings. The van der Waals surface area contributed by atoms with Crippen LogP contribution in [0, 0.1) is 0 Å². The molecule has 0 saturated carbocycles. The largest absolute Gasteiger partial charge is 0.380 e. The number of aliphatic imine (C=N–C) groups is 1. The molecule has 0 spiro atoms. The van der Waals surface area contributed by atoms with Crippen molar-refractivity contribution in [1.82, 2.24) is 10.6 Å². The lowest BCUT2D eigenvalue weighted by Gasteiger charge is -2.11. The van der Waals surface area contributed by atoms with Crippen LogP contribution in [-0.4, -0.2) is 53.5 Å². The van der Waals surface area contributed by atoms with Gasteiger partial charge in [-0.1, -0.05) is 18.2 Å². The van der Waals surface area contributed by atoms with Crippen molar-refractivity contribution >= 4 is 15.8 Å². The number of hydrogen-bond acceptors (Lipinski definition) is 4. The Labute approximate surface area is 132 Å². The summed E-state index contributed by atoms with van der Waals surface area (Å²) in [6.07, 6.45) is 0.517. The minimum atomic E-state index is -3.21. The zero-order chi connectivity index (χ0) is 16.3. The maximum Gasteiger partial charge on any atom is 0.191 e. The van der Waals surface area contributed by atoms with Gasteiger partial charge in [0.1, 0.15) is 0 Å². The van der Waals surface area contributed by atoms with Gasteiger partial charge in [0, 0.05) is 26.7 Å². The number of nitrogens with zero attached hydrogens (tertiary/aromatic N) is 1. The van der Waals surface area contributed by atoms with Crippen molar-refractivity contribution in [3.63, 3.8) is 0 Å². The minimum absolute atomic E-state index is 0.111. The fourth-order valence-electron chi connectivity index (χ4n) is 1.82. The second kappa shape index (κ2) is 10.2. The number of sulfone groups is 1. The predicted octanol–water partition coefficient (Wildman–Crippen LogP) is 1.05. The number of hydrogen-bond donors (Lipinski definition) is 2. The maximum absolute atomic E-state index is 12.1.